The molecule has 0 saturated heterocycles. The Bertz CT molecular complexity index is 774. The number of nitrogens with zero attached hydrogens (tertiary/aromatic N) is 1. The van der Waals surface area contributed by atoms with Crippen molar-refractivity contribution in [3.63, 3.8) is 0 Å². The van der Waals surface area contributed by atoms with Gasteiger partial charge >= 0.3 is 0 Å². The second kappa shape index (κ2) is 12.3. The molecule has 2 heteroatoms. The minimum absolute atomic E-state index is 0.681. The molecule has 2 nitrogen and oxygen atoms in total. The highest BCUT2D eigenvalue weighted by molar-refractivity contribution is 5.85. The zero-order valence-corrected chi connectivity index (χ0v) is 18.9. The van der Waals surface area contributed by atoms with E-state index in [0.717, 1.165) is 29.1 Å². The maximum atomic E-state index is 5.98. The predicted octanol–water partition coefficient (Wildman–Crippen LogP) is 7.83. The Morgan fingerprint density at radius 3 is 2.07 bits per heavy atom. The first-order valence-corrected chi connectivity index (χ1v) is 11.1. The molecular weight excluding hydrogens is 354 g/mol. The van der Waals surface area contributed by atoms with Gasteiger partial charge in [0.25, 0.3) is 0 Å². The number of ether oxygens (including phenoxy) is 1. The Balaban J connectivity index is 1.89. The number of allylic oxidation sites excluding steroid dienone is 1. The summed E-state index contributed by atoms with van der Waals surface area (Å²) >= 11 is 0. The fourth-order valence-corrected chi connectivity index (χ4v) is 3.68. The van der Waals surface area contributed by atoms with Crippen molar-refractivity contribution in [1.82, 2.24) is 0 Å². The lowest BCUT2D eigenvalue weighted by atomic mass is 9.90. The van der Waals surface area contributed by atoms with Crippen molar-refractivity contribution in [2.24, 2.45) is 4.99 Å². The molecule has 0 N–H and O–H groups in total. The van der Waals surface area contributed by atoms with Crippen LogP contribution in [0.5, 0.6) is 5.75 Å². The molecule has 0 fully saturated rings. The molecule has 0 aromatic heterocycles. The average Bonchev–Trinajstić information content (AvgIpc) is 2.73. The van der Waals surface area contributed by atoms with E-state index >= 15 is 0 Å². The Hall–Kier alpha value is -2.35. The summed E-state index contributed by atoms with van der Waals surface area (Å²) in [5.74, 6) is 1.64. The molecule has 0 radical (unpaired) electrons. The van der Waals surface area contributed by atoms with Crippen molar-refractivity contribution >= 4 is 11.4 Å². The van der Waals surface area contributed by atoms with Gasteiger partial charge in [0, 0.05) is 12.1 Å². The van der Waals surface area contributed by atoms with E-state index in [2.05, 4.69) is 73.4 Å². The van der Waals surface area contributed by atoms with Crippen molar-refractivity contribution in [3.05, 3.63) is 71.3 Å². The molecule has 0 saturated carbocycles. The minimum Gasteiger partial charge on any atom is -0.493 e. The first-order valence-electron chi connectivity index (χ1n) is 11.1. The van der Waals surface area contributed by atoms with Crippen LogP contribution in [0.25, 0.3) is 5.70 Å². The van der Waals surface area contributed by atoms with Crippen LogP contribution in [-0.4, -0.2) is 12.3 Å². The largest absolute Gasteiger partial charge is 0.493 e. The number of hydrogen-bond acceptors (Lipinski definition) is 2. The molecule has 0 aliphatic rings. The van der Waals surface area contributed by atoms with Gasteiger partial charge in [-0.1, -0.05) is 69.2 Å². The number of hydrogen-bond donors (Lipinski definition) is 0. The number of rotatable bonds is 11. The van der Waals surface area contributed by atoms with Crippen LogP contribution in [0, 0.1) is 0 Å². The van der Waals surface area contributed by atoms with E-state index in [4.69, 9.17) is 4.74 Å². The Morgan fingerprint density at radius 2 is 1.55 bits per heavy atom. The molecule has 2 aromatic rings. The summed E-state index contributed by atoms with van der Waals surface area (Å²) in [6.45, 7) is 11.3. The van der Waals surface area contributed by atoms with Gasteiger partial charge in [0.2, 0.25) is 0 Å². The third kappa shape index (κ3) is 7.53. The zero-order chi connectivity index (χ0) is 21.1. The fourth-order valence-electron chi connectivity index (χ4n) is 3.68. The fraction of sp³-hybridized carbons (Fsp3) is 0.444. The Kier molecular flexibility index (Phi) is 9.70. The van der Waals surface area contributed by atoms with Gasteiger partial charge in [0.1, 0.15) is 5.75 Å². The van der Waals surface area contributed by atoms with Gasteiger partial charge in [0.05, 0.1) is 12.3 Å². The van der Waals surface area contributed by atoms with E-state index < -0.39 is 0 Å². The average molecular weight is 392 g/mol. The molecule has 0 spiro atoms. The lowest BCUT2D eigenvalue weighted by Gasteiger charge is -2.16. The normalized spacial score (nSPS) is 11.6. The summed E-state index contributed by atoms with van der Waals surface area (Å²) in [5, 5.41) is 0. The second-order valence-corrected chi connectivity index (χ2v) is 7.87. The van der Waals surface area contributed by atoms with Gasteiger partial charge in [0.15, 0.2) is 0 Å². The minimum atomic E-state index is 0.681. The highest BCUT2D eigenvalue weighted by Gasteiger charge is 2.09. The second-order valence-electron chi connectivity index (χ2n) is 7.87. The molecule has 0 unspecified atom stereocenters. The molecule has 0 atom stereocenters. The standard InChI is InChI=1S/C27H37NO/c1-6-9-23(10-7-2)24-15-17-26(18-16-24)29-20-19-22-11-13-25(14-12-22)27(8-3)28-21(4)5/h8,11-18,23H,6-7,9-10,19-20H2,1-5H3/b27-8-. The summed E-state index contributed by atoms with van der Waals surface area (Å²) < 4.78 is 5.98. The molecule has 0 aliphatic carbocycles. The molecule has 0 heterocycles. The van der Waals surface area contributed by atoms with Gasteiger partial charge in [-0.05, 0) is 68.4 Å². The van der Waals surface area contributed by atoms with E-state index in [0.29, 0.717) is 12.5 Å². The van der Waals surface area contributed by atoms with E-state index in [1.807, 2.05) is 20.8 Å². The zero-order valence-electron chi connectivity index (χ0n) is 18.9. The predicted molar refractivity (Wildman–Crippen MR) is 127 cm³/mol. The van der Waals surface area contributed by atoms with Crippen molar-refractivity contribution in [3.8, 4) is 5.75 Å². The van der Waals surface area contributed by atoms with Crippen LogP contribution in [0.3, 0.4) is 0 Å². The van der Waals surface area contributed by atoms with Crippen molar-refractivity contribution in [2.45, 2.75) is 72.6 Å². The van der Waals surface area contributed by atoms with Gasteiger partial charge in [-0.25, -0.2) is 0 Å². The first kappa shape index (κ1) is 22.9. The van der Waals surface area contributed by atoms with Crippen LogP contribution in [0.1, 0.15) is 82.9 Å². The lowest BCUT2D eigenvalue weighted by molar-refractivity contribution is 0.322. The molecular formula is C27H37NO. The molecule has 0 amide bonds. The molecule has 2 rings (SSSR count). The third-order valence-electron chi connectivity index (χ3n) is 5.15. The van der Waals surface area contributed by atoms with Gasteiger partial charge in [-0.3, -0.25) is 4.99 Å². The maximum absolute atomic E-state index is 5.98. The van der Waals surface area contributed by atoms with E-state index in [9.17, 15) is 0 Å². The quantitative estimate of drug-likeness (QED) is 0.358. The SMILES string of the molecule is C/C=C(\N=C(C)C)c1ccc(CCOc2ccc(C(CCC)CCC)cc2)cc1. The van der Waals surface area contributed by atoms with Crippen molar-refractivity contribution < 1.29 is 4.74 Å². The number of benzene rings is 2. The maximum Gasteiger partial charge on any atom is 0.119 e. The van der Waals surface area contributed by atoms with Gasteiger partial charge in [-0.2, -0.15) is 0 Å². The monoisotopic (exact) mass is 391 g/mol. The van der Waals surface area contributed by atoms with E-state index in [1.54, 1.807) is 0 Å². The Morgan fingerprint density at radius 1 is 0.931 bits per heavy atom. The molecule has 0 bridgehead atoms. The molecule has 156 valence electrons. The topological polar surface area (TPSA) is 21.6 Å². The van der Waals surface area contributed by atoms with Crippen LogP contribution >= 0.6 is 0 Å². The summed E-state index contributed by atoms with van der Waals surface area (Å²) in [6.07, 6.45) is 7.96. The third-order valence-corrected chi connectivity index (χ3v) is 5.15. The number of aliphatic imine (C=N–C) groups is 1. The van der Waals surface area contributed by atoms with Crippen molar-refractivity contribution in [2.75, 3.05) is 6.61 Å². The summed E-state index contributed by atoms with van der Waals surface area (Å²) in [7, 11) is 0. The first-order chi connectivity index (χ1) is 14.1. The van der Waals surface area contributed by atoms with E-state index in [1.165, 1.54) is 36.8 Å². The van der Waals surface area contributed by atoms with Crippen LogP contribution in [0.15, 0.2) is 59.6 Å². The molecule has 2 aromatic carbocycles. The summed E-state index contributed by atoms with van der Waals surface area (Å²) in [6, 6.07) is 17.4. The van der Waals surface area contributed by atoms with Gasteiger partial charge in [-0.15, -0.1) is 0 Å². The molecule has 29 heavy (non-hydrogen) atoms. The van der Waals surface area contributed by atoms with E-state index in [-0.39, 0.29) is 0 Å². The smallest absolute Gasteiger partial charge is 0.119 e. The van der Waals surface area contributed by atoms with Crippen LogP contribution < -0.4 is 4.74 Å². The molecule has 0 aliphatic heterocycles. The van der Waals surface area contributed by atoms with Gasteiger partial charge < -0.3 is 4.74 Å². The highest BCUT2D eigenvalue weighted by atomic mass is 16.5. The summed E-state index contributed by atoms with van der Waals surface area (Å²) in [5.41, 5.74) is 5.97. The van der Waals surface area contributed by atoms with Crippen LogP contribution in [0.4, 0.5) is 0 Å². The Labute approximate surface area is 177 Å². The highest BCUT2D eigenvalue weighted by Crippen LogP contribution is 2.27. The van der Waals surface area contributed by atoms with Crippen molar-refractivity contribution in [1.29, 1.82) is 0 Å². The lowest BCUT2D eigenvalue weighted by Crippen LogP contribution is -2.02. The van der Waals surface area contributed by atoms with Crippen LogP contribution in [-0.2, 0) is 6.42 Å². The summed E-state index contributed by atoms with van der Waals surface area (Å²) in [4.78, 5) is 4.59. The van der Waals surface area contributed by atoms with Crippen LogP contribution in [0.2, 0.25) is 0 Å².